The van der Waals surface area contributed by atoms with Crippen LogP contribution in [0.1, 0.15) is 37.8 Å². The van der Waals surface area contributed by atoms with Crippen LogP contribution in [0.5, 0.6) is 11.6 Å². The number of pyridine rings is 1. The number of nitrogens with zero attached hydrogens (tertiary/aromatic N) is 3. The van der Waals surface area contributed by atoms with Crippen molar-refractivity contribution < 1.29 is 9.53 Å². The Balaban J connectivity index is 1.42. The van der Waals surface area contributed by atoms with Crippen LogP contribution < -0.4 is 9.64 Å². The monoisotopic (exact) mass is 379 g/mol. The van der Waals surface area contributed by atoms with E-state index in [0.29, 0.717) is 18.2 Å². The molecule has 0 saturated carbocycles. The van der Waals surface area contributed by atoms with Gasteiger partial charge in [0.15, 0.2) is 0 Å². The van der Waals surface area contributed by atoms with Crippen molar-refractivity contribution in [3.8, 4) is 11.6 Å². The van der Waals surface area contributed by atoms with Crippen LogP contribution in [-0.2, 0) is 17.6 Å². The van der Waals surface area contributed by atoms with E-state index in [1.807, 2.05) is 18.2 Å². The molecule has 5 nitrogen and oxygen atoms in total. The first-order valence-electron chi connectivity index (χ1n) is 10.4. The molecule has 0 unspecified atom stereocenters. The van der Waals surface area contributed by atoms with Crippen molar-refractivity contribution in [1.82, 2.24) is 9.88 Å². The first kappa shape index (κ1) is 18.9. The van der Waals surface area contributed by atoms with Crippen LogP contribution in [0.2, 0.25) is 0 Å². The average Bonchev–Trinajstić information content (AvgIpc) is 3.01. The third-order valence-electron chi connectivity index (χ3n) is 5.52. The van der Waals surface area contributed by atoms with E-state index in [2.05, 4.69) is 35.9 Å². The van der Waals surface area contributed by atoms with E-state index in [1.165, 1.54) is 11.1 Å². The molecule has 148 valence electrons. The number of hydrogen-bond acceptors (Lipinski definition) is 4. The van der Waals surface area contributed by atoms with Crippen molar-refractivity contribution in [3.05, 3.63) is 47.7 Å². The maximum absolute atomic E-state index is 11.9. The highest BCUT2D eigenvalue weighted by molar-refractivity contribution is 5.95. The largest absolute Gasteiger partial charge is 0.439 e. The maximum Gasteiger partial charge on any atom is 0.227 e. The SMILES string of the molecule is CC(C)CN1CCc2ccc(Oc3ccc(N4CCCC4=O)cn3)cc2CC1. The van der Waals surface area contributed by atoms with Crippen molar-refractivity contribution >= 4 is 11.6 Å². The standard InChI is InChI=1S/C23H29N3O2/c1-17(2)16-25-12-9-18-5-7-21(14-19(18)10-13-25)28-22-8-6-20(15-24-22)26-11-3-4-23(26)27/h5-8,14-15,17H,3-4,9-13,16H2,1-2H3. The van der Waals surface area contributed by atoms with Gasteiger partial charge in [-0.2, -0.15) is 0 Å². The zero-order valence-electron chi connectivity index (χ0n) is 16.9. The van der Waals surface area contributed by atoms with Crippen LogP contribution >= 0.6 is 0 Å². The second kappa shape index (κ2) is 8.31. The molecule has 28 heavy (non-hydrogen) atoms. The Kier molecular flexibility index (Phi) is 5.62. The van der Waals surface area contributed by atoms with E-state index in [1.54, 1.807) is 11.1 Å². The van der Waals surface area contributed by atoms with Crippen molar-refractivity contribution in [1.29, 1.82) is 0 Å². The summed E-state index contributed by atoms with van der Waals surface area (Å²) in [5.41, 5.74) is 3.65. The van der Waals surface area contributed by atoms with Crippen molar-refractivity contribution in [2.75, 3.05) is 31.1 Å². The Morgan fingerprint density at radius 3 is 2.54 bits per heavy atom. The molecule has 0 atom stereocenters. The number of anilines is 1. The molecular weight excluding hydrogens is 350 g/mol. The van der Waals surface area contributed by atoms with Gasteiger partial charge >= 0.3 is 0 Å². The number of carbonyl (C=O) groups excluding carboxylic acids is 1. The van der Waals surface area contributed by atoms with Gasteiger partial charge in [0.1, 0.15) is 5.75 Å². The highest BCUT2D eigenvalue weighted by Gasteiger charge is 2.22. The van der Waals surface area contributed by atoms with Gasteiger partial charge in [0.05, 0.1) is 11.9 Å². The van der Waals surface area contributed by atoms with Gasteiger partial charge in [-0.3, -0.25) is 4.79 Å². The van der Waals surface area contributed by atoms with E-state index >= 15 is 0 Å². The van der Waals surface area contributed by atoms with Gasteiger partial charge in [0, 0.05) is 38.7 Å². The quantitative estimate of drug-likeness (QED) is 0.786. The number of amides is 1. The Morgan fingerprint density at radius 1 is 1.04 bits per heavy atom. The lowest BCUT2D eigenvalue weighted by atomic mass is 10.0. The lowest BCUT2D eigenvalue weighted by molar-refractivity contribution is -0.117. The van der Waals surface area contributed by atoms with Crippen LogP contribution in [0.15, 0.2) is 36.5 Å². The van der Waals surface area contributed by atoms with Gasteiger partial charge < -0.3 is 14.5 Å². The van der Waals surface area contributed by atoms with E-state index in [-0.39, 0.29) is 5.91 Å². The second-order valence-corrected chi connectivity index (χ2v) is 8.23. The maximum atomic E-state index is 11.9. The third kappa shape index (κ3) is 4.36. The van der Waals surface area contributed by atoms with Crippen LogP contribution in [0, 0.1) is 5.92 Å². The molecule has 2 aromatic rings. The minimum Gasteiger partial charge on any atom is -0.439 e. The van der Waals surface area contributed by atoms with Crippen LogP contribution in [-0.4, -0.2) is 42.0 Å². The number of benzene rings is 1. The number of rotatable bonds is 5. The summed E-state index contributed by atoms with van der Waals surface area (Å²) in [4.78, 5) is 20.6. The summed E-state index contributed by atoms with van der Waals surface area (Å²) >= 11 is 0. The number of carbonyl (C=O) groups is 1. The Hall–Kier alpha value is -2.40. The highest BCUT2D eigenvalue weighted by Crippen LogP contribution is 2.27. The zero-order valence-corrected chi connectivity index (χ0v) is 16.9. The molecule has 1 fully saturated rings. The van der Waals surface area contributed by atoms with Gasteiger partial charge in [-0.05, 0) is 54.5 Å². The molecule has 0 radical (unpaired) electrons. The summed E-state index contributed by atoms with van der Waals surface area (Å²) in [5, 5.41) is 0. The van der Waals surface area contributed by atoms with Gasteiger partial charge in [0.2, 0.25) is 11.8 Å². The molecule has 0 aliphatic carbocycles. The summed E-state index contributed by atoms with van der Waals surface area (Å²) in [6, 6.07) is 10.2. The summed E-state index contributed by atoms with van der Waals surface area (Å²) in [6.45, 7) is 8.73. The molecule has 0 N–H and O–H groups in total. The van der Waals surface area contributed by atoms with Gasteiger partial charge in [-0.15, -0.1) is 0 Å². The van der Waals surface area contributed by atoms with Crippen molar-refractivity contribution in [2.24, 2.45) is 5.92 Å². The predicted molar refractivity (Wildman–Crippen MR) is 111 cm³/mol. The van der Waals surface area contributed by atoms with Crippen LogP contribution in [0.3, 0.4) is 0 Å². The fraction of sp³-hybridized carbons (Fsp3) is 0.478. The number of fused-ring (bicyclic) bond motifs is 1. The molecule has 2 aliphatic heterocycles. The molecule has 5 heteroatoms. The highest BCUT2D eigenvalue weighted by atomic mass is 16.5. The third-order valence-corrected chi connectivity index (χ3v) is 5.52. The summed E-state index contributed by atoms with van der Waals surface area (Å²) in [7, 11) is 0. The Bertz CT molecular complexity index is 832. The number of hydrogen-bond donors (Lipinski definition) is 0. The molecule has 4 rings (SSSR count). The van der Waals surface area contributed by atoms with E-state index in [9.17, 15) is 4.79 Å². The molecule has 2 aliphatic rings. The van der Waals surface area contributed by atoms with Gasteiger partial charge in [-0.25, -0.2) is 4.98 Å². The average molecular weight is 380 g/mol. The molecular formula is C23H29N3O2. The summed E-state index contributed by atoms with van der Waals surface area (Å²) < 4.78 is 5.99. The predicted octanol–water partition coefficient (Wildman–Crippen LogP) is 4.06. The molecule has 0 spiro atoms. The second-order valence-electron chi connectivity index (χ2n) is 8.23. The lowest BCUT2D eigenvalue weighted by Gasteiger charge is -2.21. The van der Waals surface area contributed by atoms with E-state index in [4.69, 9.17) is 4.74 Å². The Labute approximate surface area is 167 Å². The van der Waals surface area contributed by atoms with E-state index < -0.39 is 0 Å². The van der Waals surface area contributed by atoms with Crippen LogP contribution in [0.25, 0.3) is 0 Å². The zero-order chi connectivity index (χ0) is 19.5. The lowest BCUT2D eigenvalue weighted by Crippen LogP contribution is -2.30. The van der Waals surface area contributed by atoms with Gasteiger partial charge in [0.25, 0.3) is 0 Å². The number of ether oxygens (including phenoxy) is 1. The molecule has 1 amide bonds. The Morgan fingerprint density at radius 2 is 1.86 bits per heavy atom. The smallest absolute Gasteiger partial charge is 0.227 e. The van der Waals surface area contributed by atoms with Crippen LogP contribution in [0.4, 0.5) is 5.69 Å². The summed E-state index contributed by atoms with van der Waals surface area (Å²) in [5.74, 6) is 2.26. The fourth-order valence-corrected chi connectivity index (χ4v) is 4.14. The molecule has 1 aromatic heterocycles. The van der Waals surface area contributed by atoms with E-state index in [0.717, 1.165) is 56.9 Å². The van der Waals surface area contributed by atoms with Crippen molar-refractivity contribution in [3.63, 3.8) is 0 Å². The molecule has 3 heterocycles. The normalized spacial score (nSPS) is 17.7. The first-order valence-corrected chi connectivity index (χ1v) is 10.4. The molecule has 1 aromatic carbocycles. The number of aromatic nitrogens is 1. The topological polar surface area (TPSA) is 45.7 Å². The first-order chi connectivity index (χ1) is 13.6. The van der Waals surface area contributed by atoms with Crippen molar-refractivity contribution in [2.45, 2.75) is 39.5 Å². The fourth-order valence-electron chi connectivity index (χ4n) is 4.14. The molecule has 0 bridgehead atoms. The minimum absolute atomic E-state index is 0.174. The molecule has 1 saturated heterocycles. The minimum atomic E-state index is 0.174. The van der Waals surface area contributed by atoms with Gasteiger partial charge in [-0.1, -0.05) is 19.9 Å². The summed E-state index contributed by atoms with van der Waals surface area (Å²) in [6.07, 6.45) is 5.43.